The normalized spacial score (nSPS) is 10.2. The molecule has 0 heterocycles. The van der Waals surface area contributed by atoms with Gasteiger partial charge in [-0.25, -0.2) is 0 Å². The smallest absolute Gasteiger partial charge is 0.238 e. The van der Waals surface area contributed by atoms with Crippen LogP contribution in [0.25, 0.3) is 0 Å². The fourth-order valence-electron chi connectivity index (χ4n) is 1.65. The van der Waals surface area contributed by atoms with E-state index in [1.807, 2.05) is 13.0 Å². The molecule has 0 aliphatic heterocycles. The molecule has 0 spiro atoms. The van der Waals surface area contributed by atoms with Gasteiger partial charge < -0.3 is 20.7 Å². The number of aryl methyl sites for hydroxylation is 1. The molecule has 1 aromatic carbocycles. The van der Waals surface area contributed by atoms with Gasteiger partial charge in [0.25, 0.3) is 0 Å². The number of carbonyl (C=O) groups is 2. The van der Waals surface area contributed by atoms with Crippen LogP contribution in [0.2, 0.25) is 0 Å². The van der Waals surface area contributed by atoms with Gasteiger partial charge in [0.15, 0.2) is 0 Å². The minimum Gasteiger partial charge on any atom is -0.383 e. The lowest BCUT2D eigenvalue weighted by molar-refractivity contribution is -0.115. The zero-order valence-electron chi connectivity index (χ0n) is 12.1. The van der Waals surface area contributed by atoms with Crippen molar-refractivity contribution in [2.75, 3.05) is 37.4 Å². The molecular weight excluding hydrogens is 258 g/mol. The number of methoxy groups -OCH3 is 1. The van der Waals surface area contributed by atoms with Gasteiger partial charge in [0.2, 0.25) is 11.8 Å². The van der Waals surface area contributed by atoms with Crippen LogP contribution in [0.15, 0.2) is 18.2 Å². The van der Waals surface area contributed by atoms with Crippen LogP contribution in [-0.4, -0.2) is 38.6 Å². The summed E-state index contributed by atoms with van der Waals surface area (Å²) in [6.07, 6.45) is 0. The summed E-state index contributed by atoms with van der Waals surface area (Å²) >= 11 is 0. The molecule has 1 rings (SSSR count). The van der Waals surface area contributed by atoms with Crippen molar-refractivity contribution in [2.45, 2.75) is 13.8 Å². The standard InChI is InChI=1S/C14H21N3O3/c1-10-8-12(4-5-13(10)16-11(2)18)17-14(19)9-15-6-7-20-3/h4-5,8,15H,6-7,9H2,1-3H3,(H,16,18)(H,17,19). The average molecular weight is 279 g/mol. The molecule has 110 valence electrons. The first-order chi connectivity index (χ1) is 9.52. The predicted molar refractivity (Wildman–Crippen MR) is 78.9 cm³/mol. The molecule has 0 atom stereocenters. The number of amides is 2. The molecule has 0 saturated heterocycles. The van der Waals surface area contributed by atoms with E-state index in [9.17, 15) is 9.59 Å². The molecule has 0 bridgehead atoms. The van der Waals surface area contributed by atoms with Crippen LogP contribution < -0.4 is 16.0 Å². The average Bonchev–Trinajstić information content (AvgIpc) is 2.37. The van der Waals surface area contributed by atoms with Gasteiger partial charge in [-0.15, -0.1) is 0 Å². The number of anilines is 2. The third kappa shape index (κ3) is 5.81. The Kier molecular flexibility index (Phi) is 6.69. The van der Waals surface area contributed by atoms with Crippen molar-refractivity contribution >= 4 is 23.2 Å². The third-order valence-corrected chi connectivity index (χ3v) is 2.59. The van der Waals surface area contributed by atoms with Crippen LogP contribution in [0.5, 0.6) is 0 Å². The van der Waals surface area contributed by atoms with Gasteiger partial charge >= 0.3 is 0 Å². The molecule has 6 nitrogen and oxygen atoms in total. The molecule has 0 fully saturated rings. The summed E-state index contributed by atoms with van der Waals surface area (Å²) in [5.74, 6) is -0.236. The number of hydrogen-bond acceptors (Lipinski definition) is 4. The highest BCUT2D eigenvalue weighted by atomic mass is 16.5. The lowest BCUT2D eigenvalue weighted by Crippen LogP contribution is -2.30. The number of ether oxygens (including phenoxy) is 1. The number of hydrogen-bond donors (Lipinski definition) is 3. The van der Waals surface area contributed by atoms with E-state index in [1.165, 1.54) is 6.92 Å². The van der Waals surface area contributed by atoms with Crippen molar-refractivity contribution in [3.63, 3.8) is 0 Å². The number of rotatable bonds is 7. The Hall–Kier alpha value is -1.92. The molecule has 0 aromatic heterocycles. The first-order valence-corrected chi connectivity index (χ1v) is 6.40. The minimum absolute atomic E-state index is 0.118. The van der Waals surface area contributed by atoms with E-state index in [0.717, 1.165) is 11.3 Å². The highest BCUT2D eigenvalue weighted by Gasteiger charge is 2.05. The number of carbonyl (C=O) groups excluding carboxylic acids is 2. The van der Waals surface area contributed by atoms with Crippen LogP contribution in [0, 0.1) is 6.92 Å². The number of nitrogens with one attached hydrogen (secondary N) is 3. The highest BCUT2D eigenvalue weighted by molar-refractivity contribution is 5.93. The summed E-state index contributed by atoms with van der Waals surface area (Å²) in [6, 6.07) is 5.34. The molecule has 0 radical (unpaired) electrons. The maximum absolute atomic E-state index is 11.7. The van der Waals surface area contributed by atoms with E-state index in [0.29, 0.717) is 18.8 Å². The van der Waals surface area contributed by atoms with Crippen LogP contribution in [-0.2, 0) is 14.3 Å². The molecule has 6 heteroatoms. The Morgan fingerprint density at radius 2 is 2.00 bits per heavy atom. The zero-order valence-corrected chi connectivity index (χ0v) is 12.1. The van der Waals surface area contributed by atoms with Crippen molar-refractivity contribution in [2.24, 2.45) is 0 Å². The zero-order chi connectivity index (χ0) is 15.0. The largest absolute Gasteiger partial charge is 0.383 e. The highest BCUT2D eigenvalue weighted by Crippen LogP contribution is 2.19. The molecule has 2 amide bonds. The fourth-order valence-corrected chi connectivity index (χ4v) is 1.65. The lowest BCUT2D eigenvalue weighted by atomic mass is 10.1. The maximum Gasteiger partial charge on any atom is 0.238 e. The van der Waals surface area contributed by atoms with E-state index in [1.54, 1.807) is 19.2 Å². The summed E-state index contributed by atoms with van der Waals surface area (Å²) in [6.45, 7) is 4.76. The van der Waals surface area contributed by atoms with Crippen LogP contribution in [0.1, 0.15) is 12.5 Å². The van der Waals surface area contributed by atoms with E-state index >= 15 is 0 Å². The second kappa shape index (κ2) is 8.29. The summed E-state index contributed by atoms with van der Waals surface area (Å²) in [5.41, 5.74) is 2.34. The van der Waals surface area contributed by atoms with E-state index in [4.69, 9.17) is 4.74 Å². The van der Waals surface area contributed by atoms with Crippen LogP contribution >= 0.6 is 0 Å². The molecule has 1 aromatic rings. The monoisotopic (exact) mass is 279 g/mol. The van der Waals surface area contributed by atoms with E-state index in [2.05, 4.69) is 16.0 Å². The van der Waals surface area contributed by atoms with Crippen molar-refractivity contribution in [3.8, 4) is 0 Å². The van der Waals surface area contributed by atoms with Gasteiger partial charge in [-0.1, -0.05) is 0 Å². The van der Waals surface area contributed by atoms with Crippen molar-refractivity contribution in [3.05, 3.63) is 23.8 Å². The summed E-state index contributed by atoms with van der Waals surface area (Å²) in [4.78, 5) is 22.7. The van der Waals surface area contributed by atoms with E-state index in [-0.39, 0.29) is 18.4 Å². The Morgan fingerprint density at radius 3 is 2.60 bits per heavy atom. The lowest BCUT2D eigenvalue weighted by Gasteiger charge is -2.10. The summed E-state index contributed by atoms with van der Waals surface area (Å²) < 4.78 is 4.87. The first-order valence-electron chi connectivity index (χ1n) is 6.40. The molecule has 3 N–H and O–H groups in total. The predicted octanol–water partition coefficient (Wildman–Crippen LogP) is 1.13. The Bertz CT molecular complexity index is 475. The third-order valence-electron chi connectivity index (χ3n) is 2.59. The second-order valence-corrected chi connectivity index (χ2v) is 4.43. The molecule has 0 aliphatic rings. The second-order valence-electron chi connectivity index (χ2n) is 4.43. The van der Waals surface area contributed by atoms with Crippen LogP contribution in [0.4, 0.5) is 11.4 Å². The molecule has 0 aliphatic carbocycles. The Balaban J connectivity index is 2.50. The topological polar surface area (TPSA) is 79.5 Å². The Morgan fingerprint density at radius 1 is 1.25 bits per heavy atom. The maximum atomic E-state index is 11.7. The van der Waals surface area contributed by atoms with Gasteiger partial charge in [-0.2, -0.15) is 0 Å². The van der Waals surface area contributed by atoms with Gasteiger partial charge in [0.05, 0.1) is 13.2 Å². The van der Waals surface area contributed by atoms with Crippen LogP contribution in [0.3, 0.4) is 0 Å². The van der Waals surface area contributed by atoms with Crippen molar-refractivity contribution in [1.82, 2.24) is 5.32 Å². The SMILES string of the molecule is COCCNCC(=O)Nc1ccc(NC(C)=O)c(C)c1. The van der Waals surface area contributed by atoms with Crippen molar-refractivity contribution in [1.29, 1.82) is 0 Å². The van der Waals surface area contributed by atoms with E-state index < -0.39 is 0 Å². The minimum atomic E-state index is -0.118. The van der Waals surface area contributed by atoms with Crippen molar-refractivity contribution < 1.29 is 14.3 Å². The molecule has 20 heavy (non-hydrogen) atoms. The number of benzene rings is 1. The van der Waals surface area contributed by atoms with Gasteiger partial charge in [0.1, 0.15) is 0 Å². The fraction of sp³-hybridized carbons (Fsp3) is 0.429. The Labute approximate surface area is 118 Å². The molecular formula is C14H21N3O3. The molecule has 0 saturated carbocycles. The molecule has 0 unspecified atom stereocenters. The van der Waals surface area contributed by atoms with Gasteiger partial charge in [-0.05, 0) is 30.7 Å². The summed E-state index contributed by atoms with van der Waals surface area (Å²) in [5, 5.41) is 8.47. The first kappa shape index (κ1) is 16.1. The van der Waals surface area contributed by atoms with Gasteiger partial charge in [0, 0.05) is 32.0 Å². The summed E-state index contributed by atoms with van der Waals surface area (Å²) in [7, 11) is 1.61. The van der Waals surface area contributed by atoms with Gasteiger partial charge in [-0.3, -0.25) is 9.59 Å². The quantitative estimate of drug-likeness (QED) is 0.654.